The minimum Gasteiger partial charge on any atom is -0.444 e. The number of hydrogen-bond donors (Lipinski definition) is 4. The number of aromatic nitrogens is 4. The fourth-order valence-electron chi connectivity index (χ4n) is 7.03. The standard InChI is InChI=1S/C22H31FN6O2.C12H14FN3.C11H16N2O5/c1-22(2,3)27-21(31)29-11-10-24-13-19(29)20(30)26-9-8-18-12-25-15-28(18)14-16-4-6-17(23)7-5-16;13-11-3-1-10(2-4-11)8-16-9-15-7-12(16)5-6-14;1-11(2,3)18-9(15)12-4-5-13-7(6-12)8(14)17-10(13)16/h4-7,12,15,19,24H,8-11,13-14H2,1-3H3,(H,26,30)(H,27,31);1-4,7,9H,5-6,8,14H2;7H,4-6H2,1-3H3/t;;7-/m..1/s1. The monoisotopic (exact) mass is 905 g/mol. The maximum Gasteiger partial charge on any atom is 0.418 e. The van der Waals surface area contributed by atoms with E-state index in [4.69, 9.17) is 10.5 Å². The molecule has 7 rings (SSSR count). The zero-order valence-electron chi connectivity index (χ0n) is 37.9. The van der Waals surface area contributed by atoms with Gasteiger partial charge in [0, 0.05) is 94.5 Å². The van der Waals surface area contributed by atoms with Crippen molar-refractivity contribution >= 4 is 30.1 Å². The number of esters is 1. The van der Waals surface area contributed by atoms with Crippen LogP contribution in [0.3, 0.4) is 0 Å². The van der Waals surface area contributed by atoms with E-state index in [0.717, 1.165) is 28.9 Å². The number of nitrogens with zero attached hydrogens (tertiary/aromatic N) is 7. The van der Waals surface area contributed by atoms with Crippen molar-refractivity contribution in [1.29, 1.82) is 0 Å². The molecule has 0 bridgehead atoms. The first kappa shape index (κ1) is 49.6. The predicted octanol–water partition coefficient (Wildman–Crippen LogP) is 3.67. The Hall–Kier alpha value is -6.41. The molecule has 20 heteroatoms. The second kappa shape index (κ2) is 22.5. The molecule has 5 amide bonds. The van der Waals surface area contributed by atoms with Gasteiger partial charge in [-0.2, -0.15) is 0 Å². The summed E-state index contributed by atoms with van der Waals surface area (Å²) >= 11 is 0. The van der Waals surface area contributed by atoms with E-state index in [1.54, 1.807) is 68.8 Å². The molecule has 352 valence electrons. The Morgan fingerprint density at radius 2 is 1.42 bits per heavy atom. The first-order chi connectivity index (χ1) is 30.8. The molecule has 2 aromatic heterocycles. The van der Waals surface area contributed by atoms with Crippen molar-refractivity contribution in [2.24, 2.45) is 5.73 Å². The number of ether oxygens (including phenoxy) is 2. The predicted molar refractivity (Wildman–Crippen MR) is 236 cm³/mol. The lowest BCUT2D eigenvalue weighted by atomic mass is 10.1. The quantitative estimate of drug-likeness (QED) is 0.133. The summed E-state index contributed by atoms with van der Waals surface area (Å²) < 4.78 is 39.6. The third-order valence-electron chi connectivity index (χ3n) is 10.2. The third kappa shape index (κ3) is 15.1. The minimum absolute atomic E-state index is 0.124. The molecule has 1 unspecified atom stereocenters. The number of rotatable bonds is 10. The van der Waals surface area contributed by atoms with Crippen molar-refractivity contribution < 1.29 is 42.2 Å². The SMILES string of the molecule is CC(C)(C)NC(=O)N1CCNCC1C(=O)NCCc1cncn1Cc1ccc(F)cc1.CC(C)(C)OC(=O)N1CCN2C(=O)OC(=O)[C@H]2C1.NCCc1cncn1Cc1ccc(F)cc1. The molecule has 65 heavy (non-hydrogen) atoms. The summed E-state index contributed by atoms with van der Waals surface area (Å²) in [5.74, 6) is -1.26. The van der Waals surface area contributed by atoms with Crippen LogP contribution in [0.4, 0.5) is 23.2 Å². The fourth-order valence-corrected chi connectivity index (χ4v) is 7.03. The minimum atomic E-state index is -0.696. The molecule has 5 heterocycles. The molecule has 4 aromatic rings. The van der Waals surface area contributed by atoms with Gasteiger partial charge in [0.05, 0.1) is 19.2 Å². The van der Waals surface area contributed by atoms with Crippen molar-refractivity contribution in [3.05, 3.63) is 108 Å². The first-order valence-electron chi connectivity index (χ1n) is 21.5. The third-order valence-corrected chi connectivity index (χ3v) is 10.2. The van der Waals surface area contributed by atoms with E-state index in [2.05, 4.69) is 30.7 Å². The summed E-state index contributed by atoms with van der Waals surface area (Å²) in [6, 6.07) is 11.4. The molecule has 3 aliphatic heterocycles. The van der Waals surface area contributed by atoms with Gasteiger partial charge >= 0.3 is 24.2 Å². The van der Waals surface area contributed by atoms with Gasteiger partial charge in [0.1, 0.15) is 23.3 Å². The van der Waals surface area contributed by atoms with Gasteiger partial charge in [0.15, 0.2) is 6.04 Å². The summed E-state index contributed by atoms with van der Waals surface area (Å²) in [5.41, 5.74) is 8.65. The lowest BCUT2D eigenvalue weighted by Crippen LogP contribution is -2.63. The van der Waals surface area contributed by atoms with E-state index in [0.29, 0.717) is 58.8 Å². The van der Waals surface area contributed by atoms with Gasteiger partial charge in [-0.05, 0) is 83.5 Å². The Morgan fingerprint density at radius 3 is 1.95 bits per heavy atom. The molecule has 2 atom stereocenters. The molecule has 3 saturated heterocycles. The van der Waals surface area contributed by atoms with Crippen molar-refractivity contribution in [2.75, 3.05) is 52.4 Å². The van der Waals surface area contributed by atoms with Gasteiger partial charge in [0.25, 0.3) is 0 Å². The highest BCUT2D eigenvalue weighted by Gasteiger charge is 2.46. The van der Waals surface area contributed by atoms with E-state index < -0.39 is 35.8 Å². The second-order valence-electron chi connectivity index (χ2n) is 17.8. The molecule has 0 saturated carbocycles. The Morgan fingerprint density at radius 1 is 0.846 bits per heavy atom. The van der Waals surface area contributed by atoms with Gasteiger partial charge in [0.2, 0.25) is 5.91 Å². The molecule has 0 aliphatic carbocycles. The normalized spacial score (nSPS) is 17.2. The molecule has 3 aliphatic rings. The van der Waals surface area contributed by atoms with E-state index in [-0.39, 0.29) is 42.2 Å². The van der Waals surface area contributed by atoms with Crippen molar-refractivity contribution in [3.63, 3.8) is 0 Å². The Labute approximate surface area is 377 Å². The summed E-state index contributed by atoms with van der Waals surface area (Å²) in [6.07, 6.45) is 7.38. The maximum atomic E-state index is 13.1. The van der Waals surface area contributed by atoms with Crippen LogP contribution in [-0.2, 0) is 45.0 Å². The highest BCUT2D eigenvalue weighted by Crippen LogP contribution is 2.21. The Kier molecular flexibility index (Phi) is 17.1. The smallest absolute Gasteiger partial charge is 0.418 e. The van der Waals surface area contributed by atoms with Crippen LogP contribution in [0, 0.1) is 11.6 Å². The number of nitrogens with one attached hydrogen (secondary N) is 3. The molecular formula is C45H61F2N11O7. The molecule has 2 aromatic carbocycles. The molecule has 18 nitrogen and oxygen atoms in total. The van der Waals surface area contributed by atoms with Gasteiger partial charge in [-0.3, -0.25) is 9.69 Å². The van der Waals surface area contributed by atoms with Gasteiger partial charge < -0.3 is 50.1 Å². The number of benzene rings is 2. The largest absolute Gasteiger partial charge is 0.444 e. The average Bonchev–Trinajstić information content (AvgIpc) is 3.97. The van der Waals surface area contributed by atoms with Crippen LogP contribution in [0.2, 0.25) is 0 Å². The lowest BCUT2D eigenvalue weighted by molar-refractivity contribution is -0.136. The number of fused-ring (bicyclic) bond motifs is 1. The van der Waals surface area contributed by atoms with E-state index >= 15 is 0 Å². The summed E-state index contributed by atoms with van der Waals surface area (Å²) in [6.45, 7) is 15.7. The molecule has 3 fully saturated rings. The zero-order valence-corrected chi connectivity index (χ0v) is 37.9. The number of hydrogen-bond acceptors (Lipinski definition) is 11. The zero-order chi connectivity index (χ0) is 47.3. The lowest BCUT2D eigenvalue weighted by Gasteiger charge is -2.37. The van der Waals surface area contributed by atoms with Crippen LogP contribution in [-0.4, -0.2) is 139 Å². The number of urea groups is 1. The number of carbonyl (C=O) groups is 5. The molecular weight excluding hydrogens is 845 g/mol. The molecule has 0 radical (unpaired) electrons. The van der Waals surface area contributed by atoms with Crippen molar-refractivity contribution in [1.82, 2.24) is 49.8 Å². The van der Waals surface area contributed by atoms with Crippen LogP contribution in [0.5, 0.6) is 0 Å². The van der Waals surface area contributed by atoms with Crippen LogP contribution in [0.1, 0.15) is 64.1 Å². The number of nitrogens with two attached hydrogens (primary N) is 1. The highest BCUT2D eigenvalue weighted by molar-refractivity contribution is 5.96. The number of carbonyl (C=O) groups excluding carboxylic acids is 5. The van der Waals surface area contributed by atoms with Gasteiger partial charge in [-0.1, -0.05) is 24.3 Å². The van der Waals surface area contributed by atoms with Crippen molar-refractivity contribution in [2.45, 2.75) is 90.7 Å². The van der Waals surface area contributed by atoms with Crippen molar-refractivity contribution in [3.8, 4) is 0 Å². The Balaban J connectivity index is 0.000000198. The number of imidazole rings is 2. The second-order valence-corrected chi connectivity index (χ2v) is 17.8. The van der Waals surface area contributed by atoms with Crippen LogP contribution >= 0.6 is 0 Å². The fraction of sp³-hybridized carbons (Fsp3) is 0.489. The number of piperazine rings is 2. The number of amides is 5. The summed E-state index contributed by atoms with van der Waals surface area (Å²) in [7, 11) is 0. The van der Waals surface area contributed by atoms with Crippen LogP contribution in [0.15, 0.2) is 73.6 Å². The first-order valence-corrected chi connectivity index (χ1v) is 21.5. The average molecular weight is 906 g/mol. The Bertz CT molecular complexity index is 2220. The van der Waals surface area contributed by atoms with Crippen LogP contribution < -0.4 is 21.7 Å². The highest BCUT2D eigenvalue weighted by atomic mass is 19.1. The van der Waals surface area contributed by atoms with E-state index in [1.807, 2.05) is 36.1 Å². The maximum absolute atomic E-state index is 13.1. The van der Waals surface area contributed by atoms with Gasteiger partial charge in [-0.25, -0.2) is 37.9 Å². The number of cyclic esters (lactones) is 2. The summed E-state index contributed by atoms with van der Waals surface area (Å²) in [4.78, 5) is 72.5. The summed E-state index contributed by atoms with van der Waals surface area (Å²) in [5, 5.41) is 9.06. The number of halogens is 2. The topological polar surface area (TPSA) is 211 Å². The van der Waals surface area contributed by atoms with E-state index in [1.165, 1.54) is 34.1 Å². The van der Waals surface area contributed by atoms with Gasteiger partial charge in [-0.15, -0.1) is 0 Å². The molecule has 5 N–H and O–H groups in total. The molecule has 0 spiro atoms. The van der Waals surface area contributed by atoms with E-state index in [9.17, 15) is 32.8 Å². The van der Waals surface area contributed by atoms with Crippen LogP contribution in [0.25, 0.3) is 0 Å².